The van der Waals surface area contributed by atoms with Gasteiger partial charge in [0, 0.05) is 31.6 Å². The summed E-state index contributed by atoms with van der Waals surface area (Å²) in [7, 11) is -4.09. The topological polar surface area (TPSA) is 118 Å². The molecule has 0 spiro atoms. The molecule has 3 N–H and O–H groups in total. The highest BCUT2D eigenvalue weighted by Gasteiger charge is 2.37. The number of hydrogen-bond acceptors (Lipinski definition) is 6. The second-order valence-corrected chi connectivity index (χ2v) is 8.75. The van der Waals surface area contributed by atoms with E-state index in [0.717, 1.165) is 6.07 Å². The van der Waals surface area contributed by atoms with Gasteiger partial charge in [-0.15, -0.1) is 10.2 Å². The molecule has 2 aromatic rings. The van der Waals surface area contributed by atoms with E-state index in [0.29, 0.717) is 6.07 Å². The predicted molar refractivity (Wildman–Crippen MR) is 104 cm³/mol. The number of primary sulfonamides is 1. The lowest BCUT2D eigenvalue weighted by Crippen LogP contribution is -2.30. The maximum absolute atomic E-state index is 13.7. The fourth-order valence-corrected chi connectivity index (χ4v) is 3.71. The number of hydrogen-bond donors (Lipinski definition) is 2. The first-order valence-electron chi connectivity index (χ1n) is 9.28. The standard InChI is InChI=1S/C18H18F5N5O3S/c19-17(20)5-2-7-28(8-6-17)15-13(10-14(26-27-15)18(21,22)23)16(29)25-11-3-1-4-12(9-11)32(24,30)31/h1,3-4,9-10H,2,5-8H2,(H,25,29)(H2,24,30,31). The normalized spacial score (nSPS) is 17.0. The van der Waals surface area contributed by atoms with Crippen LogP contribution in [0.5, 0.6) is 0 Å². The minimum atomic E-state index is -4.90. The number of alkyl halides is 5. The number of halogens is 5. The molecule has 1 aliphatic rings. The van der Waals surface area contributed by atoms with Gasteiger partial charge in [-0.1, -0.05) is 6.07 Å². The monoisotopic (exact) mass is 479 g/mol. The van der Waals surface area contributed by atoms with E-state index in [-0.39, 0.29) is 35.9 Å². The fourth-order valence-electron chi connectivity index (χ4n) is 3.15. The van der Waals surface area contributed by atoms with E-state index < -0.39 is 52.1 Å². The third kappa shape index (κ3) is 5.68. The van der Waals surface area contributed by atoms with Crippen LogP contribution in [0.4, 0.5) is 33.5 Å². The van der Waals surface area contributed by atoms with Crippen LogP contribution >= 0.6 is 0 Å². The van der Waals surface area contributed by atoms with Gasteiger partial charge in [-0.05, 0) is 30.7 Å². The highest BCUT2D eigenvalue weighted by atomic mass is 32.2. The van der Waals surface area contributed by atoms with Gasteiger partial charge < -0.3 is 10.2 Å². The summed E-state index contributed by atoms with van der Waals surface area (Å²) < 4.78 is 89.9. The summed E-state index contributed by atoms with van der Waals surface area (Å²) >= 11 is 0. The summed E-state index contributed by atoms with van der Waals surface area (Å²) in [4.78, 5) is 13.8. The molecule has 0 unspecified atom stereocenters. The molecule has 0 atom stereocenters. The quantitative estimate of drug-likeness (QED) is 0.651. The predicted octanol–water partition coefficient (Wildman–Crippen LogP) is 3.02. The molecule has 0 saturated carbocycles. The Bertz CT molecular complexity index is 1120. The van der Waals surface area contributed by atoms with Gasteiger partial charge in [-0.3, -0.25) is 4.79 Å². The highest BCUT2D eigenvalue weighted by molar-refractivity contribution is 7.89. The van der Waals surface area contributed by atoms with Gasteiger partial charge in [-0.2, -0.15) is 13.2 Å². The molecule has 0 bridgehead atoms. The van der Waals surface area contributed by atoms with Crippen LogP contribution in [0.2, 0.25) is 0 Å². The van der Waals surface area contributed by atoms with Crippen molar-refractivity contribution < 1.29 is 35.2 Å². The SMILES string of the molecule is NS(=O)(=O)c1cccc(NC(=O)c2cc(C(F)(F)F)nnc2N2CCCC(F)(F)CC2)c1. The number of nitrogens with one attached hydrogen (secondary N) is 1. The van der Waals surface area contributed by atoms with Crippen molar-refractivity contribution in [2.45, 2.75) is 36.3 Å². The minimum absolute atomic E-state index is 0.0349. The van der Waals surface area contributed by atoms with E-state index in [1.807, 2.05) is 0 Å². The van der Waals surface area contributed by atoms with E-state index in [9.17, 15) is 35.2 Å². The molecule has 1 aromatic heterocycles. The lowest BCUT2D eigenvalue weighted by atomic mass is 10.1. The zero-order valence-corrected chi connectivity index (χ0v) is 17.2. The number of sulfonamides is 1. The second kappa shape index (κ2) is 8.58. The molecule has 2 heterocycles. The van der Waals surface area contributed by atoms with Crippen molar-refractivity contribution >= 4 is 27.4 Å². The summed E-state index contributed by atoms with van der Waals surface area (Å²) in [5, 5.41) is 14.0. The molecule has 1 saturated heterocycles. The third-order valence-corrected chi connectivity index (χ3v) is 5.66. The number of carbonyl (C=O) groups is 1. The molecule has 14 heteroatoms. The Balaban J connectivity index is 1.98. The average molecular weight is 479 g/mol. The van der Waals surface area contributed by atoms with Crippen molar-refractivity contribution in [3.63, 3.8) is 0 Å². The van der Waals surface area contributed by atoms with Crippen molar-refractivity contribution in [2.75, 3.05) is 23.3 Å². The van der Waals surface area contributed by atoms with Crippen LogP contribution in [0.15, 0.2) is 35.2 Å². The Labute approximate surface area is 179 Å². The molecular weight excluding hydrogens is 461 g/mol. The van der Waals surface area contributed by atoms with Crippen LogP contribution in [0.25, 0.3) is 0 Å². The van der Waals surface area contributed by atoms with Gasteiger partial charge in [0.05, 0.1) is 10.5 Å². The smallest absolute Gasteiger partial charge is 0.354 e. The van der Waals surface area contributed by atoms with E-state index in [4.69, 9.17) is 5.14 Å². The lowest BCUT2D eigenvalue weighted by molar-refractivity contribution is -0.141. The average Bonchev–Trinajstić information content (AvgIpc) is 2.87. The summed E-state index contributed by atoms with van der Waals surface area (Å²) in [5.41, 5.74) is -2.04. The van der Waals surface area contributed by atoms with Gasteiger partial charge >= 0.3 is 6.18 Å². The maximum atomic E-state index is 13.7. The molecular formula is C18H18F5N5O3S. The molecule has 3 rings (SSSR count). The molecule has 1 amide bonds. The number of carbonyl (C=O) groups excluding carboxylic acids is 1. The highest BCUT2D eigenvalue weighted by Crippen LogP contribution is 2.33. The van der Waals surface area contributed by atoms with Gasteiger partial charge in [-0.25, -0.2) is 22.3 Å². The Morgan fingerprint density at radius 3 is 2.50 bits per heavy atom. The molecule has 1 aromatic carbocycles. The van der Waals surface area contributed by atoms with Crippen molar-refractivity contribution in [3.8, 4) is 0 Å². The summed E-state index contributed by atoms with van der Waals surface area (Å²) in [6.45, 7) is -0.203. The molecule has 0 aliphatic carbocycles. The van der Waals surface area contributed by atoms with Gasteiger partial charge in [0.2, 0.25) is 15.9 Å². The van der Waals surface area contributed by atoms with Gasteiger partial charge in [0.25, 0.3) is 5.91 Å². The summed E-state index contributed by atoms with van der Waals surface area (Å²) in [6, 6.07) is 5.25. The first-order chi connectivity index (χ1) is 14.8. The molecule has 174 valence electrons. The van der Waals surface area contributed by atoms with Crippen LogP contribution in [0.1, 0.15) is 35.3 Å². The number of benzene rings is 1. The Kier molecular flexibility index (Phi) is 6.38. The summed E-state index contributed by atoms with van der Waals surface area (Å²) in [6.07, 6.45) is -5.83. The molecule has 8 nitrogen and oxygen atoms in total. The molecule has 1 fully saturated rings. The fraction of sp³-hybridized carbons (Fsp3) is 0.389. The molecule has 0 radical (unpaired) electrons. The van der Waals surface area contributed by atoms with Crippen LogP contribution in [-0.4, -0.2) is 43.5 Å². The van der Waals surface area contributed by atoms with E-state index in [2.05, 4.69) is 15.5 Å². The van der Waals surface area contributed by atoms with Crippen LogP contribution in [0.3, 0.4) is 0 Å². The third-order valence-electron chi connectivity index (χ3n) is 4.75. The Morgan fingerprint density at radius 2 is 1.84 bits per heavy atom. The Morgan fingerprint density at radius 1 is 1.12 bits per heavy atom. The number of nitrogens with zero attached hydrogens (tertiary/aromatic N) is 3. The molecule has 1 aliphatic heterocycles. The van der Waals surface area contributed by atoms with Crippen LogP contribution in [0, 0.1) is 0 Å². The number of aromatic nitrogens is 2. The van der Waals surface area contributed by atoms with Crippen LogP contribution in [-0.2, 0) is 16.2 Å². The van der Waals surface area contributed by atoms with Crippen molar-refractivity contribution in [1.29, 1.82) is 0 Å². The minimum Gasteiger partial charge on any atom is -0.354 e. The lowest BCUT2D eigenvalue weighted by Gasteiger charge is -2.24. The molecule has 32 heavy (non-hydrogen) atoms. The van der Waals surface area contributed by atoms with Crippen molar-refractivity contribution in [2.24, 2.45) is 5.14 Å². The largest absolute Gasteiger partial charge is 0.435 e. The zero-order chi connectivity index (χ0) is 23.7. The number of rotatable bonds is 4. The zero-order valence-electron chi connectivity index (χ0n) is 16.4. The second-order valence-electron chi connectivity index (χ2n) is 7.19. The van der Waals surface area contributed by atoms with Gasteiger partial charge in [0.15, 0.2) is 11.5 Å². The first kappa shape index (κ1) is 23.8. The first-order valence-corrected chi connectivity index (χ1v) is 10.8. The van der Waals surface area contributed by atoms with E-state index in [1.54, 1.807) is 0 Å². The number of amides is 1. The number of nitrogens with two attached hydrogens (primary N) is 1. The van der Waals surface area contributed by atoms with Crippen molar-refractivity contribution in [3.05, 3.63) is 41.6 Å². The van der Waals surface area contributed by atoms with Gasteiger partial charge in [0.1, 0.15) is 0 Å². The summed E-state index contributed by atoms with van der Waals surface area (Å²) in [5.74, 6) is -4.27. The maximum Gasteiger partial charge on any atom is 0.435 e. The Hall–Kier alpha value is -2.87. The number of anilines is 2. The van der Waals surface area contributed by atoms with Crippen LogP contribution < -0.4 is 15.4 Å². The van der Waals surface area contributed by atoms with Crippen molar-refractivity contribution in [1.82, 2.24) is 10.2 Å². The van der Waals surface area contributed by atoms with E-state index >= 15 is 0 Å². The van der Waals surface area contributed by atoms with E-state index in [1.165, 1.54) is 23.1 Å².